The molecule has 10 heteroatoms. The Kier molecular flexibility index (Phi) is 6.56. The first-order valence-electron chi connectivity index (χ1n) is 11.0. The van der Waals surface area contributed by atoms with Crippen molar-refractivity contribution in [3.63, 3.8) is 0 Å². The van der Waals surface area contributed by atoms with Crippen LogP contribution in [0.5, 0.6) is 11.6 Å². The van der Waals surface area contributed by atoms with E-state index in [9.17, 15) is 4.79 Å². The second-order valence-corrected chi connectivity index (χ2v) is 9.14. The highest BCUT2D eigenvalue weighted by atomic mass is 32.2. The molecule has 0 spiro atoms. The summed E-state index contributed by atoms with van der Waals surface area (Å²) in [6, 6.07) is 10.3. The van der Waals surface area contributed by atoms with E-state index < -0.39 is 0 Å². The number of pyridine rings is 1. The molecule has 172 valence electrons. The van der Waals surface area contributed by atoms with Gasteiger partial charge in [0.2, 0.25) is 11.8 Å². The van der Waals surface area contributed by atoms with E-state index in [0.717, 1.165) is 46.6 Å². The molecular formula is C23H26N6O3S. The Balaban J connectivity index is 1.11. The van der Waals surface area contributed by atoms with Crippen LogP contribution in [0.2, 0.25) is 0 Å². The topological polar surface area (TPSA) is 110 Å². The number of anilines is 1. The van der Waals surface area contributed by atoms with Crippen molar-refractivity contribution in [2.45, 2.75) is 36.4 Å². The van der Waals surface area contributed by atoms with E-state index in [1.807, 2.05) is 30.3 Å². The van der Waals surface area contributed by atoms with E-state index in [1.165, 1.54) is 18.1 Å². The van der Waals surface area contributed by atoms with Crippen molar-refractivity contribution in [3.8, 4) is 11.6 Å². The smallest absolute Gasteiger partial charge is 0.235 e. The molecule has 33 heavy (non-hydrogen) atoms. The zero-order chi connectivity index (χ0) is 22.6. The maximum absolute atomic E-state index is 11.6. The Morgan fingerprint density at radius 1 is 1.21 bits per heavy atom. The molecule has 0 aliphatic carbocycles. The maximum atomic E-state index is 11.6. The molecule has 4 heterocycles. The zero-order valence-corrected chi connectivity index (χ0v) is 19.2. The molecule has 2 aromatic heterocycles. The molecule has 0 saturated carbocycles. The van der Waals surface area contributed by atoms with E-state index in [-0.39, 0.29) is 11.9 Å². The van der Waals surface area contributed by atoms with E-state index in [0.29, 0.717) is 36.6 Å². The summed E-state index contributed by atoms with van der Waals surface area (Å²) >= 11 is 1.53. The Labute approximate surface area is 196 Å². The van der Waals surface area contributed by atoms with E-state index >= 15 is 0 Å². The normalized spacial score (nSPS) is 20.2. The quantitative estimate of drug-likeness (QED) is 0.483. The predicted molar refractivity (Wildman–Crippen MR) is 127 cm³/mol. The van der Waals surface area contributed by atoms with Crippen molar-refractivity contribution in [2.24, 2.45) is 0 Å². The van der Waals surface area contributed by atoms with Gasteiger partial charge in [-0.2, -0.15) is 0 Å². The first-order chi connectivity index (χ1) is 16.2. The summed E-state index contributed by atoms with van der Waals surface area (Å²) in [6.45, 7) is 2.06. The highest BCUT2D eigenvalue weighted by Crippen LogP contribution is 2.30. The Hall–Kier alpha value is -2.95. The molecule has 1 fully saturated rings. The Morgan fingerprint density at radius 3 is 3.00 bits per heavy atom. The average Bonchev–Trinajstić information content (AvgIpc) is 2.86. The first-order valence-corrected chi connectivity index (χ1v) is 12.0. The summed E-state index contributed by atoms with van der Waals surface area (Å²) in [6.07, 6.45) is 3.56. The third kappa shape index (κ3) is 5.18. The fourth-order valence-corrected chi connectivity index (χ4v) is 4.77. The number of nitrogens with one attached hydrogen (secondary N) is 3. The number of carbonyl (C=O) groups is 1. The van der Waals surface area contributed by atoms with Crippen LogP contribution in [0.4, 0.5) is 5.82 Å². The van der Waals surface area contributed by atoms with Crippen molar-refractivity contribution < 1.29 is 14.3 Å². The molecular weight excluding hydrogens is 440 g/mol. The summed E-state index contributed by atoms with van der Waals surface area (Å²) < 4.78 is 11.4. The minimum absolute atomic E-state index is 0.00366. The molecule has 1 saturated heterocycles. The molecule has 0 radical (unpaired) electrons. The first kappa shape index (κ1) is 21.9. The van der Waals surface area contributed by atoms with Crippen LogP contribution in [-0.2, 0) is 11.3 Å². The fraction of sp³-hybridized carbons (Fsp3) is 0.391. The number of amides is 1. The molecule has 0 unspecified atom stereocenters. The molecule has 2 aliphatic rings. The van der Waals surface area contributed by atoms with Gasteiger partial charge in [0.25, 0.3) is 0 Å². The Bertz CT molecular complexity index is 1150. The highest BCUT2D eigenvalue weighted by Gasteiger charge is 2.22. The van der Waals surface area contributed by atoms with Crippen LogP contribution in [0.3, 0.4) is 0 Å². The van der Waals surface area contributed by atoms with Crippen LogP contribution < -0.4 is 25.4 Å². The van der Waals surface area contributed by atoms with Crippen LogP contribution in [0, 0.1) is 0 Å². The standard InChI is InChI=1S/C23H26N6O3S/c1-31-17-5-6-19-18(8-17)23(27-13-26-19)32-11-16-3-2-14(9-25-16)24-10-15-4-7-20-22(28-15)29-21(30)12-33-20/h4-8,13-14,16,24-25H,2-3,9-12H2,1H3,(H,28,29,30)/t14-,16+/m1/s1. The second-order valence-electron chi connectivity index (χ2n) is 8.12. The zero-order valence-electron chi connectivity index (χ0n) is 18.3. The van der Waals surface area contributed by atoms with Crippen molar-refractivity contribution in [3.05, 3.63) is 42.4 Å². The van der Waals surface area contributed by atoms with Gasteiger partial charge in [-0.25, -0.2) is 15.0 Å². The number of ether oxygens (including phenoxy) is 2. The third-order valence-electron chi connectivity index (χ3n) is 5.85. The number of hydrogen-bond acceptors (Lipinski definition) is 9. The van der Waals surface area contributed by atoms with Gasteiger partial charge < -0.3 is 25.4 Å². The second kappa shape index (κ2) is 9.90. The Morgan fingerprint density at radius 2 is 2.15 bits per heavy atom. The molecule has 2 atom stereocenters. The van der Waals surface area contributed by atoms with Gasteiger partial charge in [-0.15, -0.1) is 11.8 Å². The van der Waals surface area contributed by atoms with Crippen molar-refractivity contribution >= 4 is 34.4 Å². The van der Waals surface area contributed by atoms with Gasteiger partial charge in [0.15, 0.2) is 0 Å². The SMILES string of the molecule is COc1ccc2ncnc(OC[C@@H]3CC[C@@H](NCc4ccc5c(n4)NC(=O)CS5)CN3)c2c1. The van der Waals surface area contributed by atoms with Gasteiger partial charge in [0.1, 0.15) is 24.5 Å². The number of methoxy groups -OCH3 is 1. The lowest BCUT2D eigenvalue weighted by molar-refractivity contribution is -0.113. The van der Waals surface area contributed by atoms with Gasteiger partial charge in [-0.3, -0.25) is 4.79 Å². The van der Waals surface area contributed by atoms with Crippen LogP contribution >= 0.6 is 11.8 Å². The summed E-state index contributed by atoms with van der Waals surface area (Å²) in [7, 11) is 1.64. The summed E-state index contributed by atoms with van der Waals surface area (Å²) in [5.74, 6) is 2.45. The number of carbonyl (C=O) groups excluding carboxylic acids is 1. The summed E-state index contributed by atoms with van der Waals surface area (Å²) in [4.78, 5) is 25.8. The number of aromatic nitrogens is 3. The average molecular weight is 467 g/mol. The van der Waals surface area contributed by atoms with E-state index in [4.69, 9.17) is 9.47 Å². The van der Waals surface area contributed by atoms with Gasteiger partial charge in [0, 0.05) is 25.2 Å². The molecule has 5 rings (SSSR count). The van der Waals surface area contributed by atoms with Crippen LogP contribution in [0.25, 0.3) is 10.9 Å². The van der Waals surface area contributed by atoms with Crippen LogP contribution in [0.1, 0.15) is 18.5 Å². The van der Waals surface area contributed by atoms with Gasteiger partial charge in [0.05, 0.1) is 34.4 Å². The number of thioether (sulfide) groups is 1. The molecule has 0 bridgehead atoms. The monoisotopic (exact) mass is 466 g/mol. The summed E-state index contributed by atoms with van der Waals surface area (Å²) in [5, 5.41) is 10.8. The molecule has 3 N–H and O–H groups in total. The van der Waals surface area contributed by atoms with Crippen LogP contribution in [-0.4, -0.2) is 59.0 Å². The van der Waals surface area contributed by atoms with Gasteiger partial charge >= 0.3 is 0 Å². The lowest BCUT2D eigenvalue weighted by Gasteiger charge is -2.30. The summed E-state index contributed by atoms with van der Waals surface area (Å²) in [5.41, 5.74) is 1.75. The molecule has 3 aromatic rings. The molecule has 1 amide bonds. The van der Waals surface area contributed by atoms with Crippen molar-refractivity contribution in [1.82, 2.24) is 25.6 Å². The van der Waals surface area contributed by atoms with Gasteiger partial charge in [-0.1, -0.05) is 0 Å². The number of nitrogens with zero attached hydrogens (tertiary/aromatic N) is 3. The molecule has 9 nitrogen and oxygen atoms in total. The lowest BCUT2D eigenvalue weighted by Crippen LogP contribution is -2.49. The minimum atomic E-state index is 0.00366. The highest BCUT2D eigenvalue weighted by molar-refractivity contribution is 8.00. The van der Waals surface area contributed by atoms with Crippen LogP contribution in [0.15, 0.2) is 41.6 Å². The number of hydrogen-bond donors (Lipinski definition) is 3. The van der Waals surface area contributed by atoms with Gasteiger partial charge in [-0.05, 0) is 43.2 Å². The largest absolute Gasteiger partial charge is 0.497 e. The predicted octanol–water partition coefficient (Wildman–Crippen LogP) is 2.37. The number of piperidine rings is 1. The maximum Gasteiger partial charge on any atom is 0.235 e. The number of rotatable bonds is 7. The third-order valence-corrected chi connectivity index (χ3v) is 6.89. The van der Waals surface area contributed by atoms with E-state index in [1.54, 1.807) is 7.11 Å². The fourth-order valence-electron chi connectivity index (χ4n) is 4.02. The number of fused-ring (bicyclic) bond motifs is 2. The van der Waals surface area contributed by atoms with E-state index in [2.05, 4.69) is 30.9 Å². The van der Waals surface area contributed by atoms with Crippen molar-refractivity contribution in [1.29, 1.82) is 0 Å². The molecule has 1 aromatic carbocycles. The molecule has 2 aliphatic heterocycles. The van der Waals surface area contributed by atoms with Crippen molar-refractivity contribution in [2.75, 3.05) is 31.3 Å². The lowest BCUT2D eigenvalue weighted by atomic mass is 10.0. The number of benzene rings is 1. The minimum Gasteiger partial charge on any atom is -0.497 e.